The number of rotatable bonds is 3. The van der Waals surface area contributed by atoms with Gasteiger partial charge in [-0.1, -0.05) is 0 Å². The number of ether oxygens (including phenoxy) is 1. The van der Waals surface area contributed by atoms with Crippen molar-refractivity contribution < 1.29 is 18.8 Å². The van der Waals surface area contributed by atoms with E-state index in [1.165, 1.54) is 18.6 Å². The van der Waals surface area contributed by atoms with Crippen LogP contribution < -0.4 is 4.90 Å². The molecule has 1 aliphatic carbocycles. The molecule has 5 nitrogen and oxygen atoms in total. The van der Waals surface area contributed by atoms with Gasteiger partial charge in [-0.05, 0) is 90.5 Å². The van der Waals surface area contributed by atoms with Crippen LogP contribution in [-0.4, -0.2) is 40.5 Å². The Bertz CT molecular complexity index is 718. The summed E-state index contributed by atoms with van der Waals surface area (Å²) >= 11 is 0. The van der Waals surface area contributed by atoms with Crippen LogP contribution in [0.3, 0.4) is 0 Å². The lowest BCUT2D eigenvalue weighted by Crippen LogP contribution is -2.62. The molecule has 4 rings (SSSR count). The fourth-order valence-corrected chi connectivity index (χ4v) is 5.26. The summed E-state index contributed by atoms with van der Waals surface area (Å²) in [6.07, 6.45) is 5.31. The molecule has 0 aromatic heterocycles. The molecular formula is C22H31FN2O3. The van der Waals surface area contributed by atoms with Crippen LogP contribution in [0.15, 0.2) is 24.3 Å². The molecule has 0 spiro atoms. The molecule has 0 bridgehead atoms. The lowest BCUT2D eigenvalue weighted by Gasteiger charge is -2.53. The molecular weight excluding hydrogens is 359 g/mol. The van der Waals surface area contributed by atoms with E-state index in [1.54, 1.807) is 17.0 Å². The second-order valence-electron chi connectivity index (χ2n) is 9.61. The smallest absolute Gasteiger partial charge is 0.415 e. The van der Waals surface area contributed by atoms with Gasteiger partial charge in [-0.3, -0.25) is 9.74 Å². The van der Waals surface area contributed by atoms with Crippen molar-refractivity contribution in [1.82, 2.24) is 5.06 Å². The summed E-state index contributed by atoms with van der Waals surface area (Å²) in [6.45, 7) is 8.90. The van der Waals surface area contributed by atoms with Gasteiger partial charge in [-0.2, -0.15) is 5.06 Å². The summed E-state index contributed by atoms with van der Waals surface area (Å²) in [5, 5.41) is 2.17. The first-order valence-corrected chi connectivity index (χ1v) is 10.4. The topological polar surface area (TPSA) is 42.0 Å². The fraction of sp³-hybridized carbons (Fsp3) is 0.682. The van der Waals surface area contributed by atoms with Crippen molar-refractivity contribution in [3.63, 3.8) is 0 Å². The van der Waals surface area contributed by atoms with Crippen LogP contribution in [0.4, 0.5) is 14.9 Å². The zero-order valence-electron chi connectivity index (χ0n) is 17.3. The minimum absolute atomic E-state index is 0.0706. The number of amides is 1. The number of hydrogen-bond donors (Lipinski definition) is 0. The molecule has 2 heterocycles. The lowest BCUT2D eigenvalue weighted by molar-refractivity contribution is -0.311. The van der Waals surface area contributed by atoms with Crippen LogP contribution in [0.2, 0.25) is 0 Å². The first kappa shape index (κ1) is 19.6. The molecule has 0 radical (unpaired) electrons. The number of piperidine rings is 1. The van der Waals surface area contributed by atoms with Crippen LogP contribution in [-0.2, 0) is 9.57 Å². The Hall–Kier alpha value is -1.66. The van der Waals surface area contributed by atoms with Gasteiger partial charge >= 0.3 is 6.09 Å². The van der Waals surface area contributed by atoms with E-state index < -0.39 is 0 Å². The summed E-state index contributed by atoms with van der Waals surface area (Å²) in [5.74, 6) is -0.318. The predicted molar refractivity (Wildman–Crippen MR) is 106 cm³/mol. The fourth-order valence-electron chi connectivity index (χ4n) is 5.26. The SMILES string of the molecule is CC1(C)CCCC(C)(C)N1O[C@@H]1CCC[C@H]2OC(=O)N(c3ccc(F)cc3)[C@H]21. The summed E-state index contributed by atoms with van der Waals surface area (Å²) in [7, 11) is 0. The number of anilines is 1. The maximum atomic E-state index is 13.4. The second kappa shape index (κ2) is 6.99. The molecule has 1 amide bonds. The summed E-state index contributed by atoms with van der Waals surface area (Å²) in [6, 6.07) is 5.84. The second-order valence-corrected chi connectivity index (χ2v) is 9.61. The van der Waals surface area contributed by atoms with Gasteiger partial charge in [0, 0.05) is 16.8 Å². The maximum absolute atomic E-state index is 13.4. The van der Waals surface area contributed by atoms with Crippen LogP contribution in [0.1, 0.15) is 66.2 Å². The number of hydrogen-bond acceptors (Lipinski definition) is 4. The van der Waals surface area contributed by atoms with Crippen molar-refractivity contribution in [2.24, 2.45) is 0 Å². The van der Waals surface area contributed by atoms with E-state index >= 15 is 0 Å². The van der Waals surface area contributed by atoms with Gasteiger partial charge in [0.2, 0.25) is 0 Å². The van der Waals surface area contributed by atoms with E-state index in [1.807, 2.05) is 0 Å². The maximum Gasteiger partial charge on any atom is 0.415 e. The third-order valence-electron chi connectivity index (χ3n) is 6.51. The minimum Gasteiger partial charge on any atom is -0.444 e. The lowest BCUT2D eigenvalue weighted by atomic mass is 9.82. The van der Waals surface area contributed by atoms with E-state index in [4.69, 9.17) is 9.57 Å². The number of hydroxylamine groups is 2. The highest BCUT2D eigenvalue weighted by Gasteiger charge is 2.52. The Balaban J connectivity index is 1.63. The average Bonchev–Trinajstić information content (AvgIpc) is 2.95. The van der Waals surface area contributed by atoms with E-state index in [0.717, 1.165) is 32.1 Å². The van der Waals surface area contributed by atoms with E-state index in [-0.39, 0.29) is 41.2 Å². The Morgan fingerprint density at radius 2 is 1.68 bits per heavy atom. The van der Waals surface area contributed by atoms with Gasteiger partial charge < -0.3 is 4.74 Å². The Kier molecular flexibility index (Phi) is 4.91. The van der Waals surface area contributed by atoms with Gasteiger partial charge in [-0.25, -0.2) is 9.18 Å². The van der Waals surface area contributed by atoms with Gasteiger partial charge in [0.1, 0.15) is 24.1 Å². The molecule has 1 aromatic rings. The number of benzene rings is 1. The van der Waals surface area contributed by atoms with Crippen molar-refractivity contribution in [3.8, 4) is 0 Å². The third-order valence-corrected chi connectivity index (χ3v) is 6.51. The number of carbonyl (C=O) groups excluding carboxylic acids is 1. The first-order chi connectivity index (χ1) is 13.2. The van der Waals surface area contributed by atoms with Gasteiger partial charge in [0.25, 0.3) is 0 Å². The van der Waals surface area contributed by atoms with Crippen molar-refractivity contribution >= 4 is 11.8 Å². The van der Waals surface area contributed by atoms with E-state index in [2.05, 4.69) is 32.8 Å². The first-order valence-electron chi connectivity index (χ1n) is 10.4. The number of halogens is 1. The van der Waals surface area contributed by atoms with Crippen molar-refractivity contribution in [2.75, 3.05) is 4.90 Å². The third kappa shape index (κ3) is 3.41. The summed E-state index contributed by atoms with van der Waals surface area (Å²) in [5.41, 5.74) is 0.518. The van der Waals surface area contributed by atoms with Crippen molar-refractivity contribution in [3.05, 3.63) is 30.1 Å². The molecule has 0 unspecified atom stereocenters. The molecule has 1 aromatic carbocycles. The summed E-state index contributed by atoms with van der Waals surface area (Å²) in [4.78, 5) is 21.0. The molecule has 3 fully saturated rings. The normalized spacial score (nSPS) is 32.1. The highest BCUT2D eigenvalue weighted by Crippen LogP contribution is 2.42. The Labute approximate surface area is 166 Å². The molecule has 3 atom stereocenters. The quantitative estimate of drug-likeness (QED) is 0.725. The predicted octanol–water partition coefficient (Wildman–Crippen LogP) is 5.05. The Morgan fingerprint density at radius 3 is 2.32 bits per heavy atom. The van der Waals surface area contributed by atoms with Gasteiger partial charge in [0.15, 0.2) is 0 Å². The van der Waals surface area contributed by atoms with E-state index in [0.29, 0.717) is 5.69 Å². The standard InChI is InChI=1S/C22H31FN2O3/c1-21(2)13-6-14-22(3,4)25(21)28-18-8-5-7-17-19(18)24(20(26)27-17)16-11-9-15(23)10-12-16/h9-12,17-19H,5-8,13-14H2,1-4H3/t17-,18-,19-/m1/s1. The summed E-state index contributed by atoms with van der Waals surface area (Å²) < 4.78 is 19.1. The number of nitrogens with zero attached hydrogens (tertiary/aromatic N) is 2. The zero-order valence-corrected chi connectivity index (χ0v) is 17.3. The van der Waals surface area contributed by atoms with Gasteiger partial charge in [-0.15, -0.1) is 0 Å². The van der Waals surface area contributed by atoms with Crippen LogP contribution >= 0.6 is 0 Å². The molecule has 2 aliphatic heterocycles. The molecule has 0 N–H and O–H groups in total. The van der Waals surface area contributed by atoms with Crippen LogP contribution in [0, 0.1) is 5.82 Å². The molecule has 28 heavy (non-hydrogen) atoms. The highest BCUT2D eigenvalue weighted by molar-refractivity contribution is 5.91. The van der Waals surface area contributed by atoms with Crippen molar-refractivity contribution in [1.29, 1.82) is 0 Å². The van der Waals surface area contributed by atoms with E-state index in [9.17, 15) is 9.18 Å². The molecule has 1 saturated carbocycles. The van der Waals surface area contributed by atoms with Crippen LogP contribution in [0.5, 0.6) is 0 Å². The largest absolute Gasteiger partial charge is 0.444 e. The van der Waals surface area contributed by atoms with Gasteiger partial charge in [0.05, 0.1) is 0 Å². The number of fused-ring (bicyclic) bond motifs is 1. The monoisotopic (exact) mass is 390 g/mol. The molecule has 6 heteroatoms. The number of carbonyl (C=O) groups is 1. The Morgan fingerprint density at radius 1 is 1.04 bits per heavy atom. The molecule has 3 aliphatic rings. The molecule has 154 valence electrons. The zero-order chi connectivity index (χ0) is 20.1. The highest BCUT2D eigenvalue weighted by atomic mass is 19.1. The molecule has 2 saturated heterocycles. The minimum atomic E-state index is -0.366. The average molecular weight is 390 g/mol. The van der Waals surface area contributed by atoms with Crippen molar-refractivity contribution in [2.45, 2.75) is 95.5 Å². The van der Waals surface area contributed by atoms with Crippen LogP contribution in [0.25, 0.3) is 0 Å².